The summed E-state index contributed by atoms with van der Waals surface area (Å²) in [6.45, 7) is 0.532. The Kier molecular flexibility index (Phi) is 7.87. The van der Waals surface area contributed by atoms with Crippen molar-refractivity contribution >= 4 is 41.2 Å². The van der Waals surface area contributed by atoms with Gasteiger partial charge in [-0.2, -0.15) is 0 Å². The van der Waals surface area contributed by atoms with Crippen LogP contribution in [0.3, 0.4) is 0 Å². The van der Waals surface area contributed by atoms with Crippen molar-refractivity contribution in [3.63, 3.8) is 0 Å². The molecule has 0 saturated heterocycles. The Hall–Kier alpha value is -1.52. The van der Waals surface area contributed by atoms with Gasteiger partial charge in [0.2, 0.25) is 5.91 Å². The van der Waals surface area contributed by atoms with E-state index >= 15 is 0 Å². The summed E-state index contributed by atoms with van der Waals surface area (Å²) in [5, 5.41) is 12.1. The zero-order chi connectivity index (χ0) is 15.7. The van der Waals surface area contributed by atoms with Crippen LogP contribution < -0.4 is 5.32 Å². The third-order valence-corrected chi connectivity index (χ3v) is 3.48. The largest absolute Gasteiger partial charge is 0.481 e. The molecule has 1 aromatic carbocycles. The van der Waals surface area contributed by atoms with Crippen LogP contribution in [0.2, 0.25) is 10.0 Å². The van der Waals surface area contributed by atoms with Crippen LogP contribution in [0, 0.1) is 0 Å². The molecule has 0 bridgehead atoms. The molecule has 0 aliphatic carbocycles. The number of amides is 1. The minimum absolute atomic E-state index is 0.172. The second-order valence-corrected chi connectivity index (χ2v) is 5.32. The first kappa shape index (κ1) is 17.5. The summed E-state index contributed by atoms with van der Waals surface area (Å²) >= 11 is 11.7. The van der Waals surface area contributed by atoms with Crippen LogP contribution in [0.5, 0.6) is 0 Å². The number of halogens is 2. The van der Waals surface area contributed by atoms with Crippen molar-refractivity contribution in [1.29, 1.82) is 0 Å². The molecule has 0 unspecified atom stereocenters. The number of carboxylic acids is 1. The molecule has 4 nitrogen and oxygen atoms in total. The average Bonchev–Trinajstić information content (AvgIpc) is 2.43. The smallest absolute Gasteiger partial charge is 0.303 e. The number of aliphatic carboxylic acids is 1. The lowest BCUT2D eigenvalue weighted by Gasteiger charge is -2.02. The summed E-state index contributed by atoms with van der Waals surface area (Å²) in [7, 11) is 0. The molecule has 114 valence electrons. The van der Waals surface area contributed by atoms with Gasteiger partial charge in [-0.15, -0.1) is 0 Å². The highest BCUT2D eigenvalue weighted by Gasteiger charge is 1.99. The number of carboxylic acid groups (broad SMARTS) is 1. The topological polar surface area (TPSA) is 66.4 Å². The van der Waals surface area contributed by atoms with E-state index in [9.17, 15) is 9.59 Å². The van der Waals surface area contributed by atoms with E-state index < -0.39 is 5.97 Å². The molecule has 0 aliphatic rings. The third kappa shape index (κ3) is 7.73. The van der Waals surface area contributed by atoms with E-state index in [0.29, 0.717) is 23.0 Å². The Balaban J connectivity index is 2.25. The number of unbranched alkanes of at least 4 members (excludes halogenated alkanes) is 2. The Morgan fingerprint density at radius 2 is 1.90 bits per heavy atom. The molecule has 0 saturated carbocycles. The molecule has 0 radical (unpaired) electrons. The Labute approximate surface area is 133 Å². The fourth-order valence-electron chi connectivity index (χ4n) is 1.64. The van der Waals surface area contributed by atoms with Gasteiger partial charge in [0.15, 0.2) is 0 Å². The van der Waals surface area contributed by atoms with Crippen LogP contribution in [0.25, 0.3) is 6.08 Å². The first-order chi connectivity index (χ1) is 9.99. The third-order valence-electron chi connectivity index (χ3n) is 2.74. The average molecular weight is 330 g/mol. The van der Waals surface area contributed by atoms with Crippen molar-refractivity contribution in [2.45, 2.75) is 25.7 Å². The van der Waals surface area contributed by atoms with Crippen LogP contribution in [-0.2, 0) is 9.59 Å². The van der Waals surface area contributed by atoms with Crippen LogP contribution in [0.4, 0.5) is 0 Å². The summed E-state index contributed by atoms with van der Waals surface area (Å²) in [5.74, 6) is -0.983. The molecule has 0 aromatic heterocycles. The number of carbonyl (C=O) groups is 2. The maximum Gasteiger partial charge on any atom is 0.303 e. The number of nitrogens with one attached hydrogen (secondary N) is 1. The number of benzene rings is 1. The minimum atomic E-state index is -0.788. The maximum atomic E-state index is 11.6. The number of carbonyl (C=O) groups excluding carboxylic acids is 1. The van der Waals surface area contributed by atoms with Crippen molar-refractivity contribution in [3.8, 4) is 0 Å². The van der Waals surface area contributed by atoms with Gasteiger partial charge in [-0.1, -0.05) is 35.7 Å². The van der Waals surface area contributed by atoms with Crippen molar-refractivity contribution in [2.75, 3.05) is 6.54 Å². The zero-order valence-corrected chi connectivity index (χ0v) is 13.0. The molecule has 0 aliphatic heterocycles. The molecule has 1 rings (SSSR count). The van der Waals surface area contributed by atoms with Gasteiger partial charge >= 0.3 is 5.97 Å². The fraction of sp³-hybridized carbons (Fsp3) is 0.333. The van der Waals surface area contributed by atoms with E-state index in [1.807, 2.05) is 0 Å². The lowest BCUT2D eigenvalue weighted by molar-refractivity contribution is -0.137. The molecule has 2 N–H and O–H groups in total. The maximum absolute atomic E-state index is 11.6. The van der Waals surface area contributed by atoms with Crippen LogP contribution >= 0.6 is 23.2 Å². The molecule has 0 heterocycles. The van der Waals surface area contributed by atoms with Crippen LogP contribution in [0.15, 0.2) is 24.3 Å². The van der Waals surface area contributed by atoms with E-state index in [2.05, 4.69) is 5.32 Å². The normalized spacial score (nSPS) is 10.8. The highest BCUT2D eigenvalue weighted by atomic mass is 35.5. The number of rotatable bonds is 8. The van der Waals surface area contributed by atoms with Crippen LogP contribution in [0.1, 0.15) is 31.2 Å². The Bertz CT molecular complexity index is 530. The Morgan fingerprint density at radius 3 is 2.57 bits per heavy atom. The summed E-state index contributed by atoms with van der Waals surface area (Å²) in [6.07, 6.45) is 5.43. The van der Waals surface area contributed by atoms with Gasteiger partial charge in [0.05, 0.1) is 10.0 Å². The quantitative estimate of drug-likeness (QED) is 0.563. The van der Waals surface area contributed by atoms with Gasteiger partial charge in [-0.25, -0.2) is 0 Å². The van der Waals surface area contributed by atoms with Crippen molar-refractivity contribution in [3.05, 3.63) is 39.9 Å². The van der Waals surface area contributed by atoms with Gasteiger partial charge in [0.25, 0.3) is 0 Å². The molecular weight excluding hydrogens is 313 g/mol. The van der Waals surface area contributed by atoms with Gasteiger partial charge in [0, 0.05) is 19.0 Å². The van der Waals surface area contributed by atoms with Gasteiger partial charge in [-0.3, -0.25) is 9.59 Å². The van der Waals surface area contributed by atoms with E-state index in [4.69, 9.17) is 28.3 Å². The molecule has 21 heavy (non-hydrogen) atoms. The van der Waals surface area contributed by atoms with Gasteiger partial charge in [0.1, 0.15) is 0 Å². The molecule has 1 amide bonds. The highest BCUT2D eigenvalue weighted by Crippen LogP contribution is 2.22. The summed E-state index contributed by atoms with van der Waals surface area (Å²) in [5.41, 5.74) is 0.793. The molecule has 0 fully saturated rings. The highest BCUT2D eigenvalue weighted by molar-refractivity contribution is 6.42. The predicted molar refractivity (Wildman–Crippen MR) is 84.6 cm³/mol. The summed E-state index contributed by atoms with van der Waals surface area (Å²) in [6, 6.07) is 5.12. The SMILES string of the molecule is O=C(O)CCCCCNC(=O)/C=C/c1ccc(Cl)c(Cl)c1. The van der Waals surface area contributed by atoms with Gasteiger partial charge in [-0.05, 0) is 36.6 Å². The van der Waals surface area contributed by atoms with E-state index in [1.165, 1.54) is 6.08 Å². The molecule has 6 heteroatoms. The monoisotopic (exact) mass is 329 g/mol. The molecular formula is C15H17Cl2NO3. The minimum Gasteiger partial charge on any atom is -0.481 e. The lowest BCUT2D eigenvalue weighted by Crippen LogP contribution is -2.22. The zero-order valence-electron chi connectivity index (χ0n) is 11.4. The number of hydrogen-bond acceptors (Lipinski definition) is 2. The number of hydrogen-bond donors (Lipinski definition) is 2. The van der Waals surface area contributed by atoms with Crippen molar-refractivity contribution < 1.29 is 14.7 Å². The standard InChI is InChI=1S/C15H17Cl2NO3/c16-12-7-5-11(10-13(12)17)6-8-14(19)18-9-3-1-2-4-15(20)21/h5-8,10H,1-4,9H2,(H,18,19)(H,20,21)/b8-6+. The summed E-state index contributed by atoms with van der Waals surface area (Å²) in [4.78, 5) is 21.9. The second kappa shape index (κ2) is 9.42. The first-order valence-corrected chi connectivity index (χ1v) is 7.37. The summed E-state index contributed by atoms with van der Waals surface area (Å²) < 4.78 is 0. The molecule has 0 spiro atoms. The Morgan fingerprint density at radius 1 is 1.14 bits per heavy atom. The first-order valence-electron chi connectivity index (χ1n) is 6.62. The second-order valence-electron chi connectivity index (χ2n) is 4.50. The van der Waals surface area contributed by atoms with Crippen molar-refractivity contribution in [2.24, 2.45) is 0 Å². The van der Waals surface area contributed by atoms with E-state index in [-0.39, 0.29) is 12.3 Å². The molecule has 0 atom stereocenters. The predicted octanol–water partition coefficient (Wildman–Crippen LogP) is 3.77. The lowest BCUT2D eigenvalue weighted by atomic mass is 10.2. The van der Waals surface area contributed by atoms with Gasteiger partial charge < -0.3 is 10.4 Å². The van der Waals surface area contributed by atoms with E-state index in [0.717, 1.165) is 18.4 Å². The molecule has 1 aromatic rings. The fourth-order valence-corrected chi connectivity index (χ4v) is 1.94. The van der Waals surface area contributed by atoms with Crippen LogP contribution in [-0.4, -0.2) is 23.5 Å². The van der Waals surface area contributed by atoms with Crippen molar-refractivity contribution in [1.82, 2.24) is 5.32 Å². The van der Waals surface area contributed by atoms with E-state index in [1.54, 1.807) is 24.3 Å².